The molecule has 2 atom stereocenters. The van der Waals surface area contributed by atoms with Crippen LogP contribution in [0.5, 0.6) is 5.75 Å². The van der Waals surface area contributed by atoms with Crippen LogP contribution in [0, 0.1) is 11.3 Å². The van der Waals surface area contributed by atoms with Crippen LogP contribution in [0.2, 0.25) is 0 Å². The Kier molecular flexibility index (Phi) is 12.2. The van der Waals surface area contributed by atoms with E-state index < -0.39 is 34.8 Å². The number of hydrogen-bond donors (Lipinski definition) is 3. The van der Waals surface area contributed by atoms with Crippen LogP contribution in [0.15, 0.2) is 60.7 Å². The first kappa shape index (κ1) is 42.6. The van der Waals surface area contributed by atoms with Gasteiger partial charge in [-0.05, 0) is 118 Å². The molecule has 3 aliphatic heterocycles. The molecule has 0 bridgehead atoms. The molecule has 3 aromatic rings. The molecule has 0 spiro atoms. The van der Waals surface area contributed by atoms with E-state index in [1.807, 2.05) is 24.3 Å². The highest BCUT2D eigenvalue weighted by atomic mass is 32.1. The van der Waals surface area contributed by atoms with Gasteiger partial charge in [-0.1, -0.05) is 13.0 Å². The highest BCUT2D eigenvalue weighted by Crippen LogP contribution is 2.47. The molecule has 1 unspecified atom stereocenters. The van der Waals surface area contributed by atoms with Crippen molar-refractivity contribution in [2.24, 2.45) is 0 Å². The van der Waals surface area contributed by atoms with E-state index in [0.717, 1.165) is 60.7 Å². The van der Waals surface area contributed by atoms with Crippen LogP contribution in [0.25, 0.3) is 0 Å². The van der Waals surface area contributed by atoms with E-state index in [2.05, 4.69) is 32.7 Å². The maximum atomic E-state index is 13.8. The number of imide groups is 1. The number of halogens is 3. The van der Waals surface area contributed by atoms with Crippen molar-refractivity contribution in [2.75, 3.05) is 59.8 Å². The van der Waals surface area contributed by atoms with Gasteiger partial charge in [0.1, 0.15) is 23.9 Å². The van der Waals surface area contributed by atoms with E-state index in [-0.39, 0.29) is 53.4 Å². The highest BCUT2D eigenvalue weighted by Gasteiger charge is 2.51. The maximum Gasteiger partial charge on any atom is 0.417 e. The summed E-state index contributed by atoms with van der Waals surface area (Å²) >= 11 is 5.77. The van der Waals surface area contributed by atoms with E-state index in [9.17, 15) is 37.6 Å². The van der Waals surface area contributed by atoms with Gasteiger partial charge in [0.2, 0.25) is 17.7 Å². The fourth-order valence-corrected chi connectivity index (χ4v) is 8.65. The maximum absolute atomic E-state index is 13.8. The quantitative estimate of drug-likeness (QED) is 0.137. The standard InChI is InChI=1S/C43H47F3N8O5S/c1-4-30-24-51(16-17-52(30)25-38(56)49-29-7-5-6-28(20-29)48-35-13-15-37(55)50-39(35)57)18-19-59-36-14-12-32(21-33(36)26-8-9-26)54-41(60)53(40(58)42(54,2)3)31-11-10-27(23-47)34(22-31)43(44,45)46/h5-7,10-12,14,20-22,26,30,35,48H,4,8-9,13,15-19,24-25H2,1-3H3,(H,49,56)(H,50,55,57)/t30-,35?/m0/s1. The van der Waals surface area contributed by atoms with Crippen molar-refractivity contribution in [1.82, 2.24) is 15.1 Å². The van der Waals surface area contributed by atoms with Crippen molar-refractivity contribution in [2.45, 2.75) is 82.6 Å². The van der Waals surface area contributed by atoms with Crippen LogP contribution in [-0.4, -0.2) is 95.5 Å². The number of nitrogens with zero attached hydrogens (tertiary/aromatic N) is 5. The van der Waals surface area contributed by atoms with Gasteiger partial charge in [-0.2, -0.15) is 18.4 Å². The number of anilines is 4. The fourth-order valence-electron chi connectivity index (χ4n) is 8.12. The number of rotatable bonds is 13. The van der Waals surface area contributed by atoms with Gasteiger partial charge in [-0.25, -0.2) is 0 Å². The minimum Gasteiger partial charge on any atom is -0.492 e. The summed E-state index contributed by atoms with van der Waals surface area (Å²) in [5.74, 6) is -0.280. The molecular weight excluding hydrogens is 798 g/mol. The second-order valence-electron chi connectivity index (χ2n) is 16.1. The predicted octanol–water partition coefficient (Wildman–Crippen LogP) is 6.00. The Labute approximate surface area is 351 Å². The normalized spacial score (nSPS) is 21.1. The van der Waals surface area contributed by atoms with Crippen LogP contribution < -0.4 is 30.5 Å². The average molecular weight is 845 g/mol. The molecule has 3 aromatic carbocycles. The zero-order valence-electron chi connectivity index (χ0n) is 33.6. The number of ether oxygens (including phenoxy) is 1. The molecule has 4 aliphatic rings. The number of piperidine rings is 1. The number of alkyl halides is 3. The van der Waals surface area contributed by atoms with Gasteiger partial charge >= 0.3 is 6.18 Å². The largest absolute Gasteiger partial charge is 0.492 e. The zero-order chi connectivity index (χ0) is 42.9. The third-order valence-electron chi connectivity index (χ3n) is 11.5. The van der Waals surface area contributed by atoms with E-state index in [0.29, 0.717) is 43.2 Å². The second kappa shape index (κ2) is 17.2. The highest BCUT2D eigenvalue weighted by molar-refractivity contribution is 7.81. The van der Waals surface area contributed by atoms with E-state index in [4.69, 9.17) is 17.0 Å². The molecule has 316 valence electrons. The number of piperazine rings is 1. The van der Waals surface area contributed by atoms with Crippen molar-refractivity contribution in [3.8, 4) is 11.8 Å². The summed E-state index contributed by atoms with van der Waals surface area (Å²) in [5, 5.41) is 17.8. The Morgan fingerprint density at radius 2 is 1.77 bits per heavy atom. The molecule has 60 heavy (non-hydrogen) atoms. The number of carbonyl (C=O) groups excluding carboxylic acids is 4. The smallest absolute Gasteiger partial charge is 0.417 e. The van der Waals surface area contributed by atoms with Gasteiger partial charge in [-0.3, -0.25) is 39.2 Å². The molecule has 3 N–H and O–H groups in total. The monoisotopic (exact) mass is 844 g/mol. The Morgan fingerprint density at radius 1 is 1.02 bits per heavy atom. The lowest BCUT2D eigenvalue weighted by Gasteiger charge is -2.40. The van der Waals surface area contributed by atoms with Crippen molar-refractivity contribution >= 4 is 63.7 Å². The number of benzene rings is 3. The van der Waals surface area contributed by atoms with Crippen molar-refractivity contribution < 1.29 is 37.1 Å². The number of carbonyl (C=O) groups is 4. The number of hydrogen-bond acceptors (Lipinski definition) is 10. The summed E-state index contributed by atoms with van der Waals surface area (Å²) in [6.07, 6.45) is -1.33. The molecule has 7 rings (SSSR count). The molecule has 4 amide bonds. The fraction of sp³-hybridized carbons (Fsp3) is 0.442. The van der Waals surface area contributed by atoms with Gasteiger partial charge in [-0.15, -0.1) is 0 Å². The number of nitrogens with one attached hydrogen (secondary N) is 3. The first-order chi connectivity index (χ1) is 28.6. The topological polar surface area (TPSA) is 150 Å². The summed E-state index contributed by atoms with van der Waals surface area (Å²) in [5.41, 5.74) is -0.0720. The van der Waals surface area contributed by atoms with Gasteiger partial charge < -0.3 is 20.3 Å². The molecule has 4 fully saturated rings. The first-order valence-corrected chi connectivity index (χ1v) is 20.5. The average Bonchev–Trinajstić information content (AvgIpc) is 4.03. The van der Waals surface area contributed by atoms with Crippen LogP contribution in [0.1, 0.15) is 75.5 Å². The molecule has 3 saturated heterocycles. The lowest BCUT2D eigenvalue weighted by atomic mass is 10.0. The van der Waals surface area contributed by atoms with Crippen LogP contribution in [0.4, 0.5) is 35.9 Å². The molecule has 3 heterocycles. The van der Waals surface area contributed by atoms with E-state index in [1.165, 1.54) is 6.07 Å². The van der Waals surface area contributed by atoms with Crippen LogP contribution in [0.3, 0.4) is 0 Å². The summed E-state index contributed by atoms with van der Waals surface area (Å²) in [6.45, 7) is 9.01. The summed E-state index contributed by atoms with van der Waals surface area (Å²) in [7, 11) is 0. The number of thiocarbonyl (C=S) groups is 1. The predicted molar refractivity (Wildman–Crippen MR) is 224 cm³/mol. The van der Waals surface area contributed by atoms with Crippen LogP contribution in [-0.2, 0) is 25.4 Å². The zero-order valence-corrected chi connectivity index (χ0v) is 34.4. The molecule has 0 radical (unpaired) electrons. The second-order valence-corrected chi connectivity index (χ2v) is 16.5. The Bertz CT molecular complexity index is 2240. The van der Waals surface area contributed by atoms with E-state index >= 15 is 0 Å². The molecule has 1 aliphatic carbocycles. The van der Waals surface area contributed by atoms with Crippen molar-refractivity contribution in [3.63, 3.8) is 0 Å². The van der Waals surface area contributed by atoms with Crippen LogP contribution >= 0.6 is 12.2 Å². The molecule has 13 nitrogen and oxygen atoms in total. The van der Waals surface area contributed by atoms with Crippen molar-refractivity contribution in [3.05, 3.63) is 77.4 Å². The summed E-state index contributed by atoms with van der Waals surface area (Å²) in [6, 6.07) is 17.2. The number of amides is 4. The van der Waals surface area contributed by atoms with E-state index in [1.54, 1.807) is 43.0 Å². The molecule has 1 saturated carbocycles. The minimum absolute atomic E-state index is 0.0360. The molecule has 0 aromatic heterocycles. The Hall–Kier alpha value is -5.57. The van der Waals surface area contributed by atoms with Gasteiger partial charge in [0.05, 0.1) is 29.4 Å². The molecule has 17 heteroatoms. The van der Waals surface area contributed by atoms with Crippen molar-refractivity contribution in [1.29, 1.82) is 5.26 Å². The third-order valence-corrected chi connectivity index (χ3v) is 11.9. The summed E-state index contributed by atoms with van der Waals surface area (Å²) < 4.78 is 47.9. The molecular formula is C43H47F3N8O5S. The Balaban J connectivity index is 0.943. The SMILES string of the molecule is CC[C@H]1CN(CCOc2ccc(N3C(=S)N(c4ccc(C#N)c(C(F)(F)F)c4)C(=O)C3(C)C)cc2C2CC2)CCN1CC(=O)Nc1cccc(NC2CCC(=O)NC2=O)c1. The first-order valence-electron chi connectivity index (χ1n) is 20.1. The van der Waals surface area contributed by atoms with Gasteiger partial charge in [0.25, 0.3) is 5.91 Å². The van der Waals surface area contributed by atoms with Gasteiger partial charge in [0, 0.05) is 55.7 Å². The lowest BCUT2D eigenvalue weighted by Crippen LogP contribution is -2.55. The summed E-state index contributed by atoms with van der Waals surface area (Å²) in [4.78, 5) is 57.9. The number of nitriles is 1. The lowest BCUT2D eigenvalue weighted by molar-refractivity contribution is -0.138. The van der Waals surface area contributed by atoms with Gasteiger partial charge in [0.15, 0.2) is 5.11 Å². The third kappa shape index (κ3) is 9.10. The Morgan fingerprint density at radius 3 is 2.47 bits per heavy atom. The minimum atomic E-state index is -4.79.